The Labute approximate surface area is 212 Å². The lowest BCUT2D eigenvalue weighted by molar-refractivity contribution is 0.0854. The third kappa shape index (κ3) is 4.67. The summed E-state index contributed by atoms with van der Waals surface area (Å²) in [5.74, 6) is 0.929. The van der Waals surface area contributed by atoms with E-state index in [1.807, 2.05) is 42.2 Å². The van der Waals surface area contributed by atoms with Gasteiger partial charge in [0.25, 0.3) is 5.91 Å². The zero-order valence-corrected chi connectivity index (χ0v) is 20.3. The molecule has 0 saturated carbocycles. The number of rotatable bonds is 4. The van der Waals surface area contributed by atoms with Crippen molar-refractivity contribution >= 4 is 17.4 Å². The van der Waals surface area contributed by atoms with Gasteiger partial charge >= 0.3 is 0 Å². The lowest BCUT2D eigenvalue weighted by Crippen LogP contribution is -2.46. The second-order valence-corrected chi connectivity index (χ2v) is 9.24. The zero-order chi connectivity index (χ0) is 25.4. The molecule has 2 bridgehead atoms. The molecule has 37 heavy (non-hydrogen) atoms. The molecule has 0 saturated heterocycles. The molecule has 1 N–H and O–H groups in total. The number of benzene rings is 2. The highest BCUT2D eigenvalue weighted by Gasteiger charge is 2.32. The first kappa shape index (κ1) is 23.2. The standard InChI is InChI=1S/C27H26FN5O4/c1-17-10-29-27(34)22-11-30-33-13-24-26(31-25(22)33)32(12-19-9-20(28)7-8-23(19)37-17)21(16-36-24)15-35-14-18-5-3-2-4-6-18/h2-9,11,13,17,21H,10,12,14-16H2,1H3,(H,29,34)/t17-,21+/m0/s1. The second-order valence-electron chi connectivity index (χ2n) is 9.24. The smallest absolute Gasteiger partial charge is 0.256 e. The van der Waals surface area contributed by atoms with Gasteiger partial charge in [0, 0.05) is 12.1 Å². The fourth-order valence-electron chi connectivity index (χ4n) is 4.59. The molecule has 0 radical (unpaired) electrons. The largest absolute Gasteiger partial charge is 0.489 e. The minimum atomic E-state index is -0.362. The summed E-state index contributed by atoms with van der Waals surface area (Å²) in [6, 6.07) is 14.2. The first-order valence-corrected chi connectivity index (χ1v) is 12.2. The van der Waals surface area contributed by atoms with Crippen LogP contribution in [0, 0.1) is 5.82 Å². The number of carbonyl (C=O) groups excluding carboxylic acids is 1. The molecule has 0 fully saturated rings. The van der Waals surface area contributed by atoms with Gasteiger partial charge in [0.2, 0.25) is 0 Å². The number of ether oxygens (including phenoxy) is 3. The summed E-state index contributed by atoms with van der Waals surface area (Å²) in [4.78, 5) is 19.8. The van der Waals surface area contributed by atoms with Crippen molar-refractivity contribution in [2.24, 2.45) is 0 Å². The van der Waals surface area contributed by atoms with Crippen LogP contribution in [0.3, 0.4) is 0 Å². The van der Waals surface area contributed by atoms with Crippen LogP contribution in [0.5, 0.6) is 11.5 Å². The Kier molecular flexibility index (Phi) is 6.09. The van der Waals surface area contributed by atoms with E-state index in [-0.39, 0.29) is 30.4 Å². The normalized spacial score (nSPS) is 19.2. The Bertz CT molecular complexity index is 1440. The fourth-order valence-corrected chi connectivity index (χ4v) is 4.59. The molecule has 2 aromatic carbocycles. The van der Waals surface area contributed by atoms with Crippen molar-refractivity contribution in [2.45, 2.75) is 32.2 Å². The number of halogens is 1. The first-order chi connectivity index (χ1) is 18.0. The second kappa shape index (κ2) is 9.70. The van der Waals surface area contributed by atoms with E-state index in [4.69, 9.17) is 19.2 Å². The van der Waals surface area contributed by atoms with Crippen molar-refractivity contribution < 1.29 is 23.4 Å². The topological polar surface area (TPSA) is 90.2 Å². The summed E-state index contributed by atoms with van der Waals surface area (Å²) in [5, 5.41) is 7.18. The first-order valence-electron chi connectivity index (χ1n) is 12.2. The zero-order valence-electron chi connectivity index (χ0n) is 20.3. The van der Waals surface area contributed by atoms with Crippen molar-refractivity contribution in [3.63, 3.8) is 0 Å². The molecule has 10 heteroatoms. The average Bonchev–Trinajstić information content (AvgIpc) is 3.32. The fraction of sp³-hybridized carbons (Fsp3) is 0.296. The SMILES string of the molecule is C[C@H]1CNC(=O)c2cnn3cc4c(nc23)N(Cc2cc(F)ccc2O1)[C@H](COCc1ccccc1)CO4. The third-order valence-corrected chi connectivity index (χ3v) is 6.49. The van der Waals surface area contributed by atoms with Crippen LogP contribution < -0.4 is 19.7 Å². The van der Waals surface area contributed by atoms with Crippen LogP contribution in [-0.4, -0.2) is 52.4 Å². The lowest BCUT2D eigenvalue weighted by atomic mass is 10.1. The minimum absolute atomic E-state index is 0.218. The van der Waals surface area contributed by atoms with Crippen LogP contribution in [-0.2, 0) is 17.9 Å². The Morgan fingerprint density at radius 3 is 2.92 bits per heavy atom. The van der Waals surface area contributed by atoms with Gasteiger partial charge in [-0.25, -0.2) is 13.9 Å². The lowest BCUT2D eigenvalue weighted by Gasteiger charge is -2.37. The predicted octanol–water partition coefficient (Wildman–Crippen LogP) is 3.36. The minimum Gasteiger partial charge on any atom is -0.489 e. The molecule has 2 aromatic heterocycles. The number of amides is 1. The monoisotopic (exact) mass is 503 g/mol. The summed E-state index contributed by atoms with van der Waals surface area (Å²) in [5.41, 5.74) is 2.48. The van der Waals surface area contributed by atoms with E-state index in [1.165, 1.54) is 22.8 Å². The Hall–Kier alpha value is -4.18. The van der Waals surface area contributed by atoms with Crippen molar-refractivity contribution in [2.75, 3.05) is 24.7 Å². The number of fused-ring (bicyclic) bond motifs is 1. The van der Waals surface area contributed by atoms with Crippen molar-refractivity contribution in [3.8, 4) is 11.5 Å². The van der Waals surface area contributed by atoms with Crippen molar-refractivity contribution in [3.05, 3.63) is 83.4 Å². The number of hydrogen-bond acceptors (Lipinski definition) is 7. The summed E-state index contributed by atoms with van der Waals surface area (Å²) in [7, 11) is 0. The summed E-state index contributed by atoms with van der Waals surface area (Å²) in [6.07, 6.45) is 2.86. The highest BCUT2D eigenvalue weighted by molar-refractivity contribution is 5.99. The molecule has 1 amide bonds. The van der Waals surface area contributed by atoms with Crippen LogP contribution in [0.4, 0.5) is 10.2 Å². The molecule has 9 nitrogen and oxygen atoms in total. The van der Waals surface area contributed by atoms with E-state index in [0.717, 1.165) is 5.56 Å². The van der Waals surface area contributed by atoms with Crippen LogP contribution in [0.25, 0.3) is 5.65 Å². The molecule has 2 aliphatic rings. The molecule has 2 aliphatic heterocycles. The third-order valence-electron chi connectivity index (χ3n) is 6.49. The molecule has 4 aromatic rings. The van der Waals surface area contributed by atoms with Gasteiger partial charge in [-0.2, -0.15) is 5.10 Å². The van der Waals surface area contributed by atoms with Gasteiger partial charge in [-0.05, 0) is 30.7 Å². The predicted molar refractivity (Wildman–Crippen MR) is 133 cm³/mol. The molecular weight excluding hydrogens is 477 g/mol. The summed E-state index contributed by atoms with van der Waals surface area (Å²) >= 11 is 0. The van der Waals surface area contributed by atoms with Gasteiger partial charge < -0.3 is 24.4 Å². The molecule has 4 heterocycles. The van der Waals surface area contributed by atoms with E-state index in [1.54, 1.807) is 12.3 Å². The van der Waals surface area contributed by atoms with Gasteiger partial charge in [0.1, 0.15) is 29.8 Å². The number of hydrogen-bond donors (Lipinski definition) is 1. The van der Waals surface area contributed by atoms with Gasteiger partial charge in [-0.15, -0.1) is 0 Å². The number of nitrogens with one attached hydrogen (secondary N) is 1. The van der Waals surface area contributed by atoms with E-state index in [0.29, 0.717) is 60.5 Å². The summed E-state index contributed by atoms with van der Waals surface area (Å²) < 4.78 is 34.2. The maximum atomic E-state index is 14.4. The van der Waals surface area contributed by atoms with Crippen molar-refractivity contribution in [1.29, 1.82) is 0 Å². The van der Waals surface area contributed by atoms with Crippen LogP contribution in [0.1, 0.15) is 28.4 Å². The maximum absolute atomic E-state index is 14.4. The number of nitrogens with zero attached hydrogens (tertiary/aromatic N) is 4. The molecule has 0 spiro atoms. The van der Waals surface area contributed by atoms with E-state index >= 15 is 0 Å². The van der Waals surface area contributed by atoms with E-state index < -0.39 is 0 Å². The molecular formula is C27H26FN5O4. The molecule has 190 valence electrons. The molecule has 0 unspecified atom stereocenters. The van der Waals surface area contributed by atoms with Gasteiger partial charge in [-0.3, -0.25) is 4.79 Å². The molecule has 2 atom stereocenters. The van der Waals surface area contributed by atoms with Crippen molar-refractivity contribution in [1.82, 2.24) is 19.9 Å². The number of carbonyl (C=O) groups is 1. The van der Waals surface area contributed by atoms with Crippen LogP contribution >= 0.6 is 0 Å². The Morgan fingerprint density at radius 2 is 2.05 bits per heavy atom. The Morgan fingerprint density at radius 1 is 1.19 bits per heavy atom. The quantitative estimate of drug-likeness (QED) is 0.457. The highest BCUT2D eigenvalue weighted by Crippen LogP contribution is 2.36. The van der Waals surface area contributed by atoms with E-state index in [2.05, 4.69) is 10.4 Å². The Balaban J connectivity index is 1.41. The van der Waals surface area contributed by atoms with Gasteiger partial charge in [0.15, 0.2) is 17.2 Å². The van der Waals surface area contributed by atoms with Gasteiger partial charge in [0.05, 0.1) is 38.2 Å². The molecule has 0 aliphatic carbocycles. The summed E-state index contributed by atoms with van der Waals surface area (Å²) in [6.45, 7) is 3.57. The van der Waals surface area contributed by atoms with Gasteiger partial charge in [-0.1, -0.05) is 30.3 Å². The average molecular weight is 504 g/mol. The van der Waals surface area contributed by atoms with Crippen LogP contribution in [0.15, 0.2) is 60.9 Å². The maximum Gasteiger partial charge on any atom is 0.256 e. The van der Waals surface area contributed by atoms with Crippen LogP contribution in [0.2, 0.25) is 0 Å². The number of anilines is 1. The van der Waals surface area contributed by atoms with E-state index in [9.17, 15) is 9.18 Å². The highest BCUT2D eigenvalue weighted by atomic mass is 19.1. The number of aromatic nitrogens is 3. The molecule has 6 rings (SSSR count).